The lowest BCUT2D eigenvalue weighted by Crippen LogP contribution is -2.31. The van der Waals surface area contributed by atoms with E-state index in [2.05, 4.69) is 11.2 Å². The zero-order valence-electron chi connectivity index (χ0n) is 7.50. The van der Waals surface area contributed by atoms with Gasteiger partial charge in [-0.05, 0) is 13.8 Å². The number of hydrogen-bond donors (Lipinski definition) is 2. The van der Waals surface area contributed by atoms with Crippen LogP contribution in [0.1, 0.15) is 20.3 Å². The fraction of sp³-hybridized carbons (Fsp3) is 0.667. The molecule has 2 N–H and O–H groups in total. The molecule has 0 fully saturated rings. The zero-order valence-corrected chi connectivity index (χ0v) is 7.50. The summed E-state index contributed by atoms with van der Waals surface area (Å²) in [6, 6.07) is -0.0945. The summed E-state index contributed by atoms with van der Waals surface area (Å²) in [5, 5.41) is 11.7. The van der Waals surface area contributed by atoms with Crippen LogP contribution in [0.3, 0.4) is 0 Å². The number of rotatable bonds is 5. The zero-order chi connectivity index (χ0) is 9.56. The Labute approximate surface area is 73.2 Å². The Morgan fingerprint density at radius 3 is 2.67 bits per heavy atom. The Kier molecular flexibility index (Phi) is 5.35. The summed E-state index contributed by atoms with van der Waals surface area (Å²) in [5.41, 5.74) is 0. The van der Waals surface area contributed by atoms with E-state index in [-0.39, 0.29) is 24.8 Å². The molecule has 0 heterocycles. The van der Waals surface area contributed by atoms with Crippen molar-refractivity contribution >= 4 is 5.78 Å². The van der Waals surface area contributed by atoms with Crippen LogP contribution >= 0.6 is 0 Å². The van der Waals surface area contributed by atoms with Gasteiger partial charge in [-0.3, -0.25) is 10.1 Å². The highest BCUT2D eigenvalue weighted by Crippen LogP contribution is 1.90. The number of Topliss-reactive ketones (excluding diaryl/α,β-unsaturated/α-hetero) is 1. The summed E-state index contributed by atoms with van der Waals surface area (Å²) in [6.07, 6.45) is 4.70. The fourth-order valence-electron chi connectivity index (χ4n) is 0.728. The molecule has 0 aromatic heterocycles. The Hall–Kier alpha value is -0.850. The molecule has 3 heteroatoms. The molecule has 0 saturated heterocycles. The summed E-state index contributed by atoms with van der Waals surface area (Å²) < 4.78 is 0. The van der Waals surface area contributed by atoms with Crippen molar-refractivity contribution in [1.82, 2.24) is 5.32 Å². The highest BCUT2D eigenvalue weighted by Gasteiger charge is 2.06. The van der Waals surface area contributed by atoms with E-state index in [0.29, 0.717) is 0 Å². The average Bonchev–Trinajstić information content (AvgIpc) is 1.99. The maximum atomic E-state index is 11.0. The van der Waals surface area contributed by atoms with Crippen LogP contribution in [0.5, 0.6) is 0 Å². The molecule has 12 heavy (non-hydrogen) atoms. The van der Waals surface area contributed by atoms with Gasteiger partial charge in [-0.25, -0.2) is 0 Å². The van der Waals surface area contributed by atoms with Gasteiger partial charge in [-0.15, -0.1) is 6.42 Å². The van der Waals surface area contributed by atoms with Crippen LogP contribution in [0.15, 0.2) is 0 Å². The van der Waals surface area contributed by atoms with E-state index in [1.54, 1.807) is 13.8 Å². The maximum Gasteiger partial charge on any atom is 0.149 e. The second-order valence-corrected chi connectivity index (χ2v) is 2.86. The minimum atomic E-state index is -0.569. The molecule has 0 rings (SSSR count). The van der Waals surface area contributed by atoms with Gasteiger partial charge < -0.3 is 5.11 Å². The largest absolute Gasteiger partial charge is 0.393 e. The summed E-state index contributed by atoms with van der Waals surface area (Å²) in [4.78, 5) is 11.0. The molecule has 3 nitrogen and oxygen atoms in total. The Balaban J connectivity index is 3.52. The minimum absolute atomic E-state index is 0.0212. The van der Waals surface area contributed by atoms with Crippen LogP contribution in [-0.2, 0) is 4.79 Å². The minimum Gasteiger partial charge on any atom is -0.393 e. The Morgan fingerprint density at radius 2 is 2.25 bits per heavy atom. The van der Waals surface area contributed by atoms with E-state index in [4.69, 9.17) is 11.5 Å². The molecule has 0 aliphatic rings. The number of aliphatic hydroxyl groups is 1. The molecule has 0 aromatic rings. The third-order valence-electron chi connectivity index (χ3n) is 1.38. The lowest BCUT2D eigenvalue weighted by Gasteiger charge is -2.07. The second-order valence-electron chi connectivity index (χ2n) is 2.86. The molecular weight excluding hydrogens is 154 g/mol. The second kappa shape index (κ2) is 5.76. The van der Waals surface area contributed by atoms with Crippen LogP contribution in [0, 0.1) is 12.3 Å². The van der Waals surface area contributed by atoms with Crippen molar-refractivity contribution in [3.8, 4) is 12.3 Å². The highest BCUT2D eigenvalue weighted by atomic mass is 16.3. The first-order valence-corrected chi connectivity index (χ1v) is 3.95. The number of nitrogens with one attached hydrogen (secondary N) is 1. The molecule has 2 atom stereocenters. The van der Waals surface area contributed by atoms with Gasteiger partial charge in [0.15, 0.2) is 0 Å². The molecule has 0 aromatic carbocycles. The SMILES string of the molecule is C#CC(C)NCC(=O)CC(C)O. The molecule has 2 unspecified atom stereocenters. The van der Waals surface area contributed by atoms with E-state index in [1.165, 1.54) is 0 Å². The molecule has 0 bridgehead atoms. The molecule has 0 saturated carbocycles. The highest BCUT2D eigenvalue weighted by molar-refractivity contribution is 5.80. The van der Waals surface area contributed by atoms with Gasteiger partial charge in [-0.1, -0.05) is 5.92 Å². The molecular formula is C9H15NO2. The fourth-order valence-corrected chi connectivity index (χ4v) is 0.728. The lowest BCUT2D eigenvalue weighted by molar-refractivity contribution is -0.119. The van der Waals surface area contributed by atoms with Crippen LogP contribution < -0.4 is 5.32 Å². The van der Waals surface area contributed by atoms with E-state index in [1.807, 2.05) is 0 Å². The van der Waals surface area contributed by atoms with E-state index >= 15 is 0 Å². The quantitative estimate of drug-likeness (QED) is 0.567. The number of hydrogen-bond acceptors (Lipinski definition) is 3. The first-order chi connectivity index (χ1) is 5.56. The van der Waals surface area contributed by atoms with Gasteiger partial charge >= 0.3 is 0 Å². The van der Waals surface area contributed by atoms with E-state index < -0.39 is 6.10 Å². The third kappa shape index (κ3) is 5.90. The van der Waals surface area contributed by atoms with Gasteiger partial charge in [0, 0.05) is 6.42 Å². The normalized spacial score (nSPS) is 14.8. The molecule has 0 spiro atoms. The summed E-state index contributed by atoms with van der Waals surface area (Å²) in [7, 11) is 0. The predicted octanol–water partition coefficient (Wildman–Crippen LogP) is -0.0623. The number of terminal acetylenes is 1. The molecule has 68 valence electrons. The third-order valence-corrected chi connectivity index (χ3v) is 1.38. The van der Waals surface area contributed by atoms with Gasteiger partial charge in [0.2, 0.25) is 0 Å². The first kappa shape index (κ1) is 11.2. The summed E-state index contributed by atoms with van der Waals surface area (Å²) in [5.74, 6) is 2.43. The summed E-state index contributed by atoms with van der Waals surface area (Å²) in [6.45, 7) is 3.62. The number of aliphatic hydroxyl groups excluding tert-OH is 1. The Morgan fingerprint density at radius 1 is 1.67 bits per heavy atom. The van der Waals surface area contributed by atoms with Crippen molar-refractivity contribution in [2.45, 2.75) is 32.4 Å². The lowest BCUT2D eigenvalue weighted by atomic mass is 10.2. The van der Waals surface area contributed by atoms with Crippen molar-refractivity contribution in [2.24, 2.45) is 0 Å². The van der Waals surface area contributed by atoms with Crippen LogP contribution in [-0.4, -0.2) is 29.6 Å². The molecule has 0 radical (unpaired) electrons. The molecule has 0 aliphatic heterocycles. The number of ketones is 1. The predicted molar refractivity (Wildman–Crippen MR) is 47.6 cm³/mol. The van der Waals surface area contributed by atoms with Crippen molar-refractivity contribution in [3.05, 3.63) is 0 Å². The van der Waals surface area contributed by atoms with Crippen LogP contribution in [0.25, 0.3) is 0 Å². The van der Waals surface area contributed by atoms with E-state index in [0.717, 1.165) is 0 Å². The number of carbonyl (C=O) groups excluding carboxylic acids is 1. The maximum absolute atomic E-state index is 11.0. The smallest absolute Gasteiger partial charge is 0.149 e. The van der Waals surface area contributed by atoms with E-state index in [9.17, 15) is 4.79 Å². The van der Waals surface area contributed by atoms with Gasteiger partial charge in [0.05, 0.1) is 18.7 Å². The topological polar surface area (TPSA) is 49.3 Å². The van der Waals surface area contributed by atoms with Crippen LogP contribution in [0.4, 0.5) is 0 Å². The van der Waals surface area contributed by atoms with Crippen molar-refractivity contribution in [2.75, 3.05) is 6.54 Å². The molecule has 0 amide bonds. The average molecular weight is 169 g/mol. The van der Waals surface area contributed by atoms with Gasteiger partial charge in [0.25, 0.3) is 0 Å². The standard InChI is InChI=1S/C9H15NO2/c1-4-7(2)10-6-9(12)5-8(3)11/h1,7-8,10-11H,5-6H2,2-3H3. The first-order valence-electron chi connectivity index (χ1n) is 3.95. The Bertz CT molecular complexity index is 181. The number of carbonyl (C=O) groups is 1. The van der Waals surface area contributed by atoms with Crippen molar-refractivity contribution in [1.29, 1.82) is 0 Å². The monoisotopic (exact) mass is 169 g/mol. The van der Waals surface area contributed by atoms with Crippen molar-refractivity contribution in [3.63, 3.8) is 0 Å². The molecule has 0 aliphatic carbocycles. The summed E-state index contributed by atoms with van der Waals surface area (Å²) >= 11 is 0. The van der Waals surface area contributed by atoms with Crippen molar-refractivity contribution < 1.29 is 9.90 Å². The van der Waals surface area contributed by atoms with Crippen LogP contribution in [0.2, 0.25) is 0 Å². The van der Waals surface area contributed by atoms with Gasteiger partial charge in [-0.2, -0.15) is 0 Å². The van der Waals surface area contributed by atoms with Gasteiger partial charge in [0.1, 0.15) is 5.78 Å².